The summed E-state index contributed by atoms with van der Waals surface area (Å²) < 4.78 is 3.71. The maximum atomic E-state index is 12.4. The Kier molecular flexibility index (Phi) is 22.4. The van der Waals surface area contributed by atoms with Crippen molar-refractivity contribution < 1.29 is 78.6 Å². The number of carboxylic acids is 4. The number of carbonyl (C=O) groups is 4. The van der Waals surface area contributed by atoms with Crippen LogP contribution in [0.1, 0.15) is 92.4 Å². The van der Waals surface area contributed by atoms with E-state index in [0.717, 1.165) is 84.7 Å². The van der Waals surface area contributed by atoms with Crippen LogP contribution in [-0.4, -0.2) is 23.9 Å². The summed E-state index contributed by atoms with van der Waals surface area (Å²) in [7, 11) is 0. The predicted molar refractivity (Wildman–Crippen MR) is 396 cm³/mol. The van der Waals surface area contributed by atoms with Gasteiger partial charge in [-0.1, -0.05) is 355 Å². The molecule has 102 heavy (non-hydrogen) atoms. The fourth-order valence-electron chi connectivity index (χ4n) is 16.4. The molecule has 510 valence electrons. The van der Waals surface area contributed by atoms with Crippen LogP contribution in [0.5, 0.6) is 0 Å². The smallest absolute Gasteiger partial charge is 0.549 e. The molecule has 0 saturated heterocycles. The third kappa shape index (κ3) is 12.7. The first kappa shape index (κ1) is 74.9. The van der Waals surface area contributed by atoms with Gasteiger partial charge in [-0.2, -0.15) is 0 Å². The quantitative estimate of drug-likeness (QED) is 0.0864. The second-order valence-electron chi connectivity index (χ2n) is 26.1. The average Bonchev–Trinajstić information content (AvgIpc) is 1.52. The second kappa shape index (κ2) is 30.6. The third-order valence-electron chi connectivity index (χ3n) is 21.4. The molecule has 4 atom stereocenters. The van der Waals surface area contributed by atoms with Crippen LogP contribution >= 0.6 is 63.7 Å². The van der Waals surface area contributed by atoms with Crippen LogP contribution in [0.25, 0.3) is 0 Å². The first-order valence-electron chi connectivity index (χ1n) is 32.8. The molecular formula is C88H64Br4O8Rh2. The first-order chi connectivity index (χ1) is 48.4. The van der Waals surface area contributed by atoms with Crippen LogP contribution in [0.4, 0.5) is 0 Å². The second-order valence-corrected chi connectivity index (χ2v) is 29.7. The number of carboxylic acid groups (broad SMARTS) is 4. The van der Waals surface area contributed by atoms with Crippen molar-refractivity contribution in [3.8, 4) is 0 Å². The molecular weight excluding hydrogens is 1710 g/mol. The van der Waals surface area contributed by atoms with E-state index in [4.69, 9.17) is 0 Å². The molecule has 0 amide bonds. The summed E-state index contributed by atoms with van der Waals surface area (Å²) in [5, 5.41) is 49.6. The van der Waals surface area contributed by atoms with Crippen LogP contribution < -0.4 is 20.4 Å². The van der Waals surface area contributed by atoms with Crippen molar-refractivity contribution in [2.75, 3.05) is 0 Å². The van der Waals surface area contributed by atoms with Gasteiger partial charge in [-0.25, -0.2) is 0 Å². The molecule has 0 aromatic heterocycles. The maximum absolute atomic E-state index is 12.4. The summed E-state index contributed by atoms with van der Waals surface area (Å²) in [4.78, 5) is 49.6. The van der Waals surface area contributed by atoms with Gasteiger partial charge in [0.05, 0.1) is 23.9 Å². The summed E-state index contributed by atoms with van der Waals surface area (Å²) >= 11 is 13.7. The van der Waals surface area contributed by atoms with Gasteiger partial charge in [0.2, 0.25) is 0 Å². The summed E-state index contributed by atoms with van der Waals surface area (Å²) in [6.07, 6.45) is 1.99. The van der Waals surface area contributed by atoms with Crippen LogP contribution in [0.15, 0.2) is 358 Å². The molecule has 12 aromatic rings. The number of halogens is 4. The van der Waals surface area contributed by atoms with E-state index in [2.05, 4.69) is 63.7 Å². The van der Waals surface area contributed by atoms with E-state index in [1.807, 2.05) is 340 Å². The molecule has 0 aliphatic heterocycles. The Morgan fingerprint density at radius 2 is 0.314 bits per heavy atom. The zero-order valence-corrected chi connectivity index (χ0v) is 64.2. The molecule has 0 spiro atoms. The van der Waals surface area contributed by atoms with E-state index in [9.17, 15) is 39.6 Å². The molecule has 0 unspecified atom stereocenters. The molecule has 4 fully saturated rings. The molecule has 0 N–H and O–H groups in total. The largest absolute Gasteiger partial charge is 2.00 e. The van der Waals surface area contributed by atoms with Gasteiger partial charge >= 0.3 is 39.0 Å². The topological polar surface area (TPSA) is 161 Å². The Labute approximate surface area is 653 Å². The number of aliphatic carboxylic acids is 4. The van der Waals surface area contributed by atoms with E-state index < -0.39 is 67.2 Å². The minimum atomic E-state index is -1.06. The molecule has 0 heterocycles. The Hall–Kier alpha value is -8.31. The zero-order chi connectivity index (χ0) is 70.0. The summed E-state index contributed by atoms with van der Waals surface area (Å²) in [6, 6.07) is 109. The molecule has 12 aromatic carbocycles. The van der Waals surface area contributed by atoms with Gasteiger partial charge in [-0.15, -0.1) is 0 Å². The van der Waals surface area contributed by atoms with Gasteiger partial charge in [0.15, 0.2) is 0 Å². The number of carbonyl (C=O) groups excluding carboxylic acids is 4. The van der Waals surface area contributed by atoms with Gasteiger partial charge in [0, 0.05) is 61.2 Å². The van der Waals surface area contributed by atoms with Crippen LogP contribution in [0, 0.1) is 0 Å². The summed E-state index contributed by atoms with van der Waals surface area (Å²) in [5.74, 6) is -4.10. The maximum Gasteiger partial charge on any atom is 2.00 e. The Morgan fingerprint density at radius 3 is 0.422 bits per heavy atom. The van der Waals surface area contributed by atoms with Gasteiger partial charge in [-0.05, 0) is 141 Å². The van der Waals surface area contributed by atoms with Gasteiger partial charge < -0.3 is 39.6 Å². The summed E-state index contributed by atoms with van der Waals surface area (Å²) in [5.41, 5.74) is 4.51. The summed E-state index contributed by atoms with van der Waals surface area (Å²) in [6.45, 7) is 0. The average molecular weight is 1770 g/mol. The monoisotopic (exact) mass is 1770 g/mol. The molecule has 14 heteroatoms. The Bertz CT molecular complexity index is 4100. The van der Waals surface area contributed by atoms with E-state index >= 15 is 0 Å². The van der Waals surface area contributed by atoms with E-state index in [1.54, 1.807) is 0 Å². The van der Waals surface area contributed by atoms with E-state index in [-0.39, 0.29) is 39.0 Å². The SMILES string of the molecule is O=C([O-])[C@@]1(c2ccc(Br)cc2)CC1(c1ccccc1)c1ccccc1.O=C([O-])[C@@]1(c2ccc(Br)cc2)CC1(c1ccccc1)c1ccccc1.O=C([O-])[C@@]1(c2ccc(Br)cc2)CC1(c1ccccc1)c1ccccc1.O=C([O-])[C@@]1(c2ccc(Br)cc2)CC1(c1ccccc1)c1ccccc1.[Rh+2].[Rh+2]. The van der Waals surface area contributed by atoms with E-state index in [0.29, 0.717) is 25.7 Å². The van der Waals surface area contributed by atoms with Crippen molar-refractivity contribution in [1.29, 1.82) is 0 Å². The number of benzene rings is 12. The number of hydrogen-bond donors (Lipinski definition) is 0. The van der Waals surface area contributed by atoms with Crippen LogP contribution in [0.3, 0.4) is 0 Å². The fraction of sp³-hybridized carbons (Fsp3) is 0.136. The molecule has 4 saturated carbocycles. The number of rotatable bonds is 16. The van der Waals surface area contributed by atoms with Gasteiger partial charge in [0.25, 0.3) is 0 Å². The van der Waals surface area contributed by atoms with Crippen molar-refractivity contribution >= 4 is 87.6 Å². The molecule has 16 rings (SSSR count). The standard InChI is InChI=1S/4C22H17BrO2.2Rh/c4*23-19-13-11-18(12-14-19)22(20(24)25)15-21(22,16-7-3-1-4-8-16)17-9-5-2-6-10-17;;/h4*1-14H,15H2,(H,24,25);;/q;;;;2*+2/p-4/t4*22-;;/m0000../s1. The van der Waals surface area contributed by atoms with Crippen LogP contribution in [0.2, 0.25) is 0 Å². The van der Waals surface area contributed by atoms with Crippen molar-refractivity contribution in [3.05, 3.63) is 424 Å². The van der Waals surface area contributed by atoms with Crippen molar-refractivity contribution in [1.82, 2.24) is 0 Å². The normalized spacial score (nSPS) is 20.4. The minimum Gasteiger partial charge on any atom is -0.549 e. The Balaban J connectivity index is 0.000000136. The van der Waals surface area contributed by atoms with Crippen molar-refractivity contribution in [2.24, 2.45) is 0 Å². The van der Waals surface area contributed by atoms with E-state index in [1.165, 1.54) is 0 Å². The fourth-order valence-corrected chi connectivity index (χ4v) is 17.5. The first-order valence-corrected chi connectivity index (χ1v) is 36.0. The molecule has 0 bridgehead atoms. The van der Waals surface area contributed by atoms with Crippen LogP contribution in [-0.2, 0) is 101 Å². The van der Waals surface area contributed by atoms with Gasteiger partial charge in [0.1, 0.15) is 0 Å². The molecule has 8 nitrogen and oxygen atoms in total. The minimum absolute atomic E-state index is 0. The van der Waals surface area contributed by atoms with Crippen molar-refractivity contribution in [2.45, 2.75) is 69.0 Å². The molecule has 4 aliphatic carbocycles. The molecule has 4 aliphatic rings. The van der Waals surface area contributed by atoms with Crippen molar-refractivity contribution in [3.63, 3.8) is 0 Å². The van der Waals surface area contributed by atoms with Gasteiger partial charge in [-0.3, -0.25) is 0 Å². The third-order valence-corrected chi connectivity index (χ3v) is 23.5. The number of hydrogen-bond acceptors (Lipinski definition) is 8. The zero-order valence-electron chi connectivity index (χ0n) is 54.6. The predicted octanol–water partition coefficient (Wildman–Crippen LogP) is 15.3. The Morgan fingerprint density at radius 1 is 0.196 bits per heavy atom. The molecule has 2 radical (unpaired) electrons.